The first-order chi connectivity index (χ1) is 21.5. The molecule has 11 nitrogen and oxygen atoms in total. The zero-order valence-corrected chi connectivity index (χ0v) is 27.7. The highest BCUT2D eigenvalue weighted by Gasteiger charge is 2.36. The Morgan fingerprint density at radius 3 is 2.62 bits per heavy atom. The first-order valence-electron chi connectivity index (χ1n) is 15.3. The SMILES string of the molecule is CCOC(=O)CC(c1ccc(C)c([C@@H](C)N2CC=C(O)OS2(=O)=O)c1)c1ccc2c(nnn2CC2(CCCl)CCOCC2)c1C. The number of carbonyl (C=O) groups is 1. The lowest BCUT2D eigenvalue weighted by Gasteiger charge is -2.36. The summed E-state index contributed by atoms with van der Waals surface area (Å²) >= 11 is 6.21. The molecule has 3 heterocycles. The Balaban J connectivity index is 1.53. The number of aromatic nitrogens is 3. The van der Waals surface area contributed by atoms with Crippen LogP contribution in [0, 0.1) is 19.3 Å². The van der Waals surface area contributed by atoms with Gasteiger partial charge in [0.2, 0.25) is 0 Å². The molecule has 0 saturated carbocycles. The Hall–Kier alpha value is -3.19. The van der Waals surface area contributed by atoms with Crippen molar-refractivity contribution in [3.63, 3.8) is 0 Å². The second-order valence-electron chi connectivity index (χ2n) is 12.0. The van der Waals surface area contributed by atoms with Gasteiger partial charge in [0.1, 0.15) is 5.52 Å². The highest BCUT2D eigenvalue weighted by molar-refractivity contribution is 7.84. The van der Waals surface area contributed by atoms with Crippen molar-refractivity contribution in [1.82, 2.24) is 19.3 Å². The summed E-state index contributed by atoms with van der Waals surface area (Å²) < 4.78 is 44.4. The Morgan fingerprint density at radius 2 is 1.93 bits per heavy atom. The number of benzene rings is 2. The van der Waals surface area contributed by atoms with E-state index in [0.717, 1.165) is 58.1 Å². The molecular weight excluding hydrogens is 620 g/mol. The number of aliphatic hydroxyl groups excluding tert-OH is 1. The quantitative estimate of drug-likeness (QED) is 0.206. The van der Waals surface area contributed by atoms with Crippen molar-refractivity contribution in [2.45, 2.75) is 71.9 Å². The summed E-state index contributed by atoms with van der Waals surface area (Å²) in [6.45, 7) is 9.78. The Kier molecular flexibility index (Phi) is 10.1. The van der Waals surface area contributed by atoms with Crippen LogP contribution in [-0.4, -0.2) is 71.0 Å². The fourth-order valence-corrected chi connectivity index (χ4v) is 8.10. The van der Waals surface area contributed by atoms with Crippen LogP contribution in [0.4, 0.5) is 0 Å². The molecule has 2 aromatic carbocycles. The molecule has 2 aliphatic rings. The number of halogens is 1. The molecule has 0 aliphatic carbocycles. The molecule has 1 fully saturated rings. The predicted octanol–water partition coefficient (Wildman–Crippen LogP) is 5.60. The van der Waals surface area contributed by atoms with E-state index in [1.165, 1.54) is 10.4 Å². The molecule has 13 heteroatoms. The van der Waals surface area contributed by atoms with E-state index in [-0.39, 0.29) is 36.9 Å². The predicted molar refractivity (Wildman–Crippen MR) is 170 cm³/mol. The second kappa shape index (κ2) is 13.7. The highest BCUT2D eigenvalue weighted by atomic mass is 35.5. The van der Waals surface area contributed by atoms with Crippen LogP contribution in [0.2, 0.25) is 0 Å². The lowest BCUT2D eigenvalue weighted by atomic mass is 9.77. The van der Waals surface area contributed by atoms with Crippen LogP contribution in [0.3, 0.4) is 0 Å². The number of hydrogen-bond donors (Lipinski definition) is 1. The maximum absolute atomic E-state index is 12.9. The number of alkyl halides is 1. The molecule has 244 valence electrons. The average molecular weight is 661 g/mol. The fraction of sp³-hybridized carbons (Fsp3) is 0.531. The van der Waals surface area contributed by atoms with Crippen LogP contribution in [-0.2, 0) is 35.3 Å². The minimum absolute atomic E-state index is 0.00391. The van der Waals surface area contributed by atoms with E-state index in [4.69, 9.17) is 25.3 Å². The third-order valence-electron chi connectivity index (χ3n) is 9.21. The third-order valence-corrected chi connectivity index (χ3v) is 10.8. The van der Waals surface area contributed by atoms with Crippen molar-refractivity contribution < 1.29 is 32.0 Å². The van der Waals surface area contributed by atoms with E-state index in [1.54, 1.807) is 13.8 Å². The summed E-state index contributed by atoms with van der Waals surface area (Å²) in [5, 5.41) is 18.8. The summed E-state index contributed by atoms with van der Waals surface area (Å²) in [4.78, 5) is 12.9. The van der Waals surface area contributed by atoms with Crippen LogP contribution in [0.25, 0.3) is 11.0 Å². The molecule has 1 aromatic heterocycles. The largest absolute Gasteiger partial charge is 0.480 e. The van der Waals surface area contributed by atoms with Crippen molar-refractivity contribution >= 4 is 38.9 Å². The molecule has 2 atom stereocenters. The number of hydrogen-bond acceptors (Lipinski definition) is 9. The zero-order chi connectivity index (χ0) is 32.4. The lowest BCUT2D eigenvalue weighted by Crippen LogP contribution is -2.38. The van der Waals surface area contributed by atoms with E-state index < -0.39 is 22.3 Å². The summed E-state index contributed by atoms with van der Waals surface area (Å²) in [7, 11) is -4.19. The summed E-state index contributed by atoms with van der Waals surface area (Å²) in [5.41, 5.74) is 5.97. The Bertz CT molecular complexity index is 1680. The van der Waals surface area contributed by atoms with Crippen LogP contribution >= 0.6 is 11.6 Å². The van der Waals surface area contributed by atoms with E-state index in [1.807, 2.05) is 48.9 Å². The maximum atomic E-state index is 12.9. The van der Waals surface area contributed by atoms with Gasteiger partial charge in [0, 0.05) is 44.2 Å². The molecule has 0 spiro atoms. The molecule has 5 rings (SSSR count). The van der Waals surface area contributed by atoms with Gasteiger partial charge in [-0.15, -0.1) is 16.7 Å². The van der Waals surface area contributed by atoms with Crippen molar-refractivity contribution in [1.29, 1.82) is 0 Å². The lowest BCUT2D eigenvalue weighted by molar-refractivity contribution is -0.143. The number of ether oxygens (including phenoxy) is 2. The van der Waals surface area contributed by atoms with Crippen molar-refractivity contribution in [2.24, 2.45) is 5.41 Å². The minimum atomic E-state index is -4.19. The number of aliphatic hydroxyl groups is 1. The molecule has 45 heavy (non-hydrogen) atoms. The number of esters is 1. The number of rotatable bonds is 11. The normalized spacial score (nSPS) is 19.4. The van der Waals surface area contributed by atoms with Gasteiger partial charge in [-0.2, -0.15) is 12.7 Å². The van der Waals surface area contributed by atoms with Gasteiger partial charge < -0.3 is 18.8 Å². The van der Waals surface area contributed by atoms with Crippen molar-refractivity contribution in [3.05, 3.63) is 70.2 Å². The smallest absolute Gasteiger partial charge is 0.388 e. The summed E-state index contributed by atoms with van der Waals surface area (Å²) in [6.07, 6.45) is 4.10. The third kappa shape index (κ3) is 6.98. The molecule has 3 aromatic rings. The van der Waals surface area contributed by atoms with Crippen molar-refractivity contribution in [3.8, 4) is 0 Å². The molecule has 1 saturated heterocycles. The zero-order valence-electron chi connectivity index (χ0n) is 26.2. The minimum Gasteiger partial charge on any atom is -0.480 e. The van der Waals surface area contributed by atoms with Gasteiger partial charge in [-0.3, -0.25) is 4.79 Å². The van der Waals surface area contributed by atoms with E-state index >= 15 is 0 Å². The molecule has 0 radical (unpaired) electrons. The molecule has 0 bridgehead atoms. The van der Waals surface area contributed by atoms with Gasteiger partial charge in [-0.05, 0) is 86.3 Å². The van der Waals surface area contributed by atoms with Gasteiger partial charge in [-0.25, -0.2) is 4.68 Å². The second-order valence-corrected chi connectivity index (χ2v) is 13.8. The molecular formula is C32H41ClN4O7S. The van der Waals surface area contributed by atoms with E-state index in [0.29, 0.717) is 25.6 Å². The van der Waals surface area contributed by atoms with E-state index in [9.17, 15) is 18.3 Å². The number of nitrogens with zero attached hydrogens (tertiary/aromatic N) is 4. The van der Waals surface area contributed by atoms with Gasteiger partial charge in [0.15, 0.2) is 0 Å². The molecule has 1 N–H and O–H groups in total. The maximum Gasteiger partial charge on any atom is 0.388 e. The number of fused-ring (bicyclic) bond motifs is 1. The molecule has 2 aliphatic heterocycles. The number of aryl methyl sites for hydroxylation is 2. The van der Waals surface area contributed by atoms with Gasteiger partial charge in [0.05, 0.1) is 24.6 Å². The van der Waals surface area contributed by atoms with Gasteiger partial charge in [0.25, 0.3) is 5.95 Å². The first kappa shape index (κ1) is 33.2. The van der Waals surface area contributed by atoms with Crippen LogP contribution in [0.5, 0.6) is 0 Å². The van der Waals surface area contributed by atoms with Gasteiger partial charge in [-0.1, -0.05) is 29.5 Å². The van der Waals surface area contributed by atoms with Crippen LogP contribution in [0.15, 0.2) is 42.4 Å². The molecule has 0 amide bonds. The van der Waals surface area contributed by atoms with Crippen LogP contribution < -0.4 is 0 Å². The van der Waals surface area contributed by atoms with Crippen molar-refractivity contribution in [2.75, 3.05) is 32.2 Å². The summed E-state index contributed by atoms with van der Waals surface area (Å²) in [5.74, 6) is -0.793. The summed E-state index contributed by atoms with van der Waals surface area (Å²) in [6, 6.07) is 9.27. The standard InChI is InChI=1S/C32H41ClN4O7S/c1-5-43-30(39)19-27(24-7-6-21(2)26(18-24)23(4)37-15-10-29(38)44-45(37,40)41)25-8-9-28-31(22(25)3)34-35-36(28)20-32(11-14-33)12-16-42-17-13-32/h6-10,18,23,27,38H,5,11-17,19-20H2,1-4H3/t23-,27?/m1/s1. The van der Waals surface area contributed by atoms with Gasteiger partial charge >= 0.3 is 16.3 Å². The molecule has 1 unspecified atom stereocenters. The highest BCUT2D eigenvalue weighted by Crippen LogP contribution is 2.39. The topological polar surface area (TPSA) is 133 Å². The first-order valence-corrected chi connectivity index (χ1v) is 17.2. The fourth-order valence-electron chi connectivity index (χ4n) is 6.56. The average Bonchev–Trinajstić information content (AvgIpc) is 3.39. The Morgan fingerprint density at radius 1 is 1.18 bits per heavy atom. The monoisotopic (exact) mass is 660 g/mol. The van der Waals surface area contributed by atoms with E-state index in [2.05, 4.69) is 10.3 Å². The van der Waals surface area contributed by atoms with Crippen LogP contribution in [0.1, 0.15) is 79.3 Å². The number of carbonyl (C=O) groups excluding carboxylic acids is 1. The Labute approximate surface area is 269 Å².